The SMILES string of the molecule is O=C(O)c1cccnc1NCC1CC(O)C1. The van der Waals surface area contributed by atoms with Crippen molar-refractivity contribution in [3.8, 4) is 0 Å². The average Bonchev–Trinajstić information content (AvgIpc) is 2.23. The number of carbonyl (C=O) groups is 1. The minimum atomic E-state index is -0.982. The van der Waals surface area contributed by atoms with Crippen LogP contribution in [0.1, 0.15) is 23.2 Å². The molecule has 86 valence electrons. The van der Waals surface area contributed by atoms with Crippen molar-refractivity contribution >= 4 is 11.8 Å². The number of nitrogens with zero attached hydrogens (tertiary/aromatic N) is 1. The van der Waals surface area contributed by atoms with Crippen molar-refractivity contribution in [2.45, 2.75) is 18.9 Å². The Labute approximate surface area is 93.1 Å². The molecule has 0 spiro atoms. The van der Waals surface area contributed by atoms with Crippen LogP contribution in [0.4, 0.5) is 5.82 Å². The Hall–Kier alpha value is -1.62. The van der Waals surface area contributed by atoms with Gasteiger partial charge in [-0.1, -0.05) is 0 Å². The second-order valence-corrected chi connectivity index (χ2v) is 4.08. The van der Waals surface area contributed by atoms with Crippen LogP contribution in [0.15, 0.2) is 18.3 Å². The summed E-state index contributed by atoms with van der Waals surface area (Å²) in [6.45, 7) is 0.661. The summed E-state index contributed by atoms with van der Waals surface area (Å²) in [5, 5.41) is 21.1. The molecule has 16 heavy (non-hydrogen) atoms. The van der Waals surface area contributed by atoms with Crippen LogP contribution in [-0.4, -0.2) is 33.8 Å². The van der Waals surface area contributed by atoms with E-state index < -0.39 is 5.97 Å². The molecule has 5 nitrogen and oxygen atoms in total. The van der Waals surface area contributed by atoms with E-state index >= 15 is 0 Å². The van der Waals surface area contributed by atoms with Gasteiger partial charge in [0.15, 0.2) is 0 Å². The third-order valence-corrected chi connectivity index (χ3v) is 2.81. The molecule has 0 saturated heterocycles. The van der Waals surface area contributed by atoms with Gasteiger partial charge in [0.25, 0.3) is 0 Å². The van der Waals surface area contributed by atoms with Gasteiger partial charge in [-0.05, 0) is 30.9 Å². The van der Waals surface area contributed by atoms with Crippen molar-refractivity contribution < 1.29 is 15.0 Å². The molecule has 1 heterocycles. The molecule has 0 amide bonds. The number of rotatable bonds is 4. The number of carboxylic acid groups (broad SMARTS) is 1. The number of pyridine rings is 1. The molecule has 0 radical (unpaired) electrons. The number of nitrogens with one attached hydrogen (secondary N) is 1. The van der Waals surface area contributed by atoms with E-state index in [1.54, 1.807) is 12.3 Å². The normalized spacial score (nSPS) is 23.6. The standard InChI is InChI=1S/C11H14N2O3/c14-8-4-7(5-8)6-13-10-9(11(15)16)2-1-3-12-10/h1-3,7-8,14H,4-6H2,(H,12,13)(H,15,16). The van der Waals surface area contributed by atoms with Crippen molar-refractivity contribution in [3.63, 3.8) is 0 Å². The first kappa shape index (κ1) is 10.9. The molecule has 2 rings (SSSR count). The zero-order valence-corrected chi connectivity index (χ0v) is 8.76. The van der Waals surface area contributed by atoms with Crippen LogP contribution in [0, 0.1) is 5.92 Å². The minimum absolute atomic E-state index is 0.183. The fourth-order valence-electron chi connectivity index (χ4n) is 1.83. The number of aromatic nitrogens is 1. The Morgan fingerprint density at radius 1 is 1.56 bits per heavy atom. The van der Waals surface area contributed by atoms with Crippen LogP contribution >= 0.6 is 0 Å². The molecule has 1 fully saturated rings. The predicted octanol–water partition coefficient (Wildman–Crippen LogP) is 0.963. The van der Waals surface area contributed by atoms with Crippen molar-refractivity contribution in [1.82, 2.24) is 4.98 Å². The van der Waals surface area contributed by atoms with Crippen molar-refractivity contribution in [2.24, 2.45) is 5.92 Å². The van der Waals surface area contributed by atoms with Crippen molar-refractivity contribution in [1.29, 1.82) is 0 Å². The molecule has 1 aromatic rings. The maximum Gasteiger partial charge on any atom is 0.339 e. The summed E-state index contributed by atoms with van der Waals surface area (Å²) in [4.78, 5) is 14.9. The molecule has 1 saturated carbocycles. The highest BCUT2D eigenvalue weighted by molar-refractivity contribution is 5.92. The number of hydrogen-bond donors (Lipinski definition) is 3. The highest BCUT2D eigenvalue weighted by Crippen LogP contribution is 2.27. The molecule has 0 unspecified atom stereocenters. The minimum Gasteiger partial charge on any atom is -0.478 e. The number of hydrogen-bond acceptors (Lipinski definition) is 4. The second kappa shape index (κ2) is 4.49. The molecule has 3 N–H and O–H groups in total. The molecular weight excluding hydrogens is 208 g/mol. The Morgan fingerprint density at radius 2 is 2.31 bits per heavy atom. The van der Waals surface area contributed by atoms with Crippen LogP contribution in [0.3, 0.4) is 0 Å². The van der Waals surface area contributed by atoms with Crippen molar-refractivity contribution in [3.05, 3.63) is 23.9 Å². The summed E-state index contributed by atoms with van der Waals surface area (Å²) >= 11 is 0. The lowest BCUT2D eigenvalue weighted by molar-refractivity contribution is 0.0485. The van der Waals surface area contributed by atoms with E-state index in [4.69, 9.17) is 10.2 Å². The number of carboxylic acids is 1. The molecule has 1 aromatic heterocycles. The Kier molecular flexibility index (Phi) is 3.05. The van der Waals surface area contributed by atoms with Gasteiger partial charge in [-0.2, -0.15) is 0 Å². The number of anilines is 1. The predicted molar refractivity (Wildman–Crippen MR) is 58.4 cm³/mol. The molecule has 5 heteroatoms. The first-order chi connectivity index (χ1) is 7.66. The quantitative estimate of drug-likeness (QED) is 0.707. The third kappa shape index (κ3) is 2.30. The van der Waals surface area contributed by atoms with Crippen molar-refractivity contribution in [2.75, 3.05) is 11.9 Å². The maximum absolute atomic E-state index is 10.9. The summed E-state index contributed by atoms with van der Waals surface area (Å²) < 4.78 is 0. The van der Waals surface area contributed by atoms with E-state index in [0.717, 1.165) is 12.8 Å². The Balaban J connectivity index is 1.95. The topological polar surface area (TPSA) is 82.5 Å². The fourth-order valence-corrected chi connectivity index (χ4v) is 1.83. The molecule has 0 aromatic carbocycles. The maximum atomic E-state index is 10.9. The molecule has 0 aliphatic heterocycles. The van der Waals surface area contributed by atoms with Gasteiger partial charge in [-0.3, -0.25) is 0 Å². The number of aromatic carboxylic acids is 1. The van der Waals surface area contributed by atoms with E-state index in [2.05, 4.69) is 10.3 Å². The Bertz CT molecular complexity index is 389. The fraction of sp³-hybridized carbons (Fsp3) is 0.455. The van der Waals surface area contributed by atoms with Gasteiger partial charge in [-0.15, -0.1) is 0 Å². The summed E-state index contributed by atoms with van der Waals surface area (Å²) in [6, 6.07) is 3.12. The zero-order chi connectivity index (χ0) is 11.5. The highest BCUT2D eigenvalue weighted by Gasteiger charge is 2.27. The van der Waals surface area contributed by atoms with Crippen LogP contribution in [0.2, 0.25) is 0 Å². The number of aliphatic hydroxyl groups is 1. The zero-order valence-electron chi connectivity index (χ0n) is 8.76. The van der Waals surface area contributed by atoms with E-state index in [1.807, 2.05) is 0 Å². The van der Waals surface area contributed by atoms with E-state index in [1.165, 1.54) is 6.07 Å². The summed E-state index contributed by atoms with van der Waals surface area (Å²) in [7, 11) is 0. The molecule has 1 aliphatic carbocycles. The van der Waals surface area contributed by atoms with Gasteiger partial charge < -0.3 is 15.5 Å². The van der Waals surface area contributed by atoms with Gasteiger partial charge in [0.2, 0.25) is 0 Å². The van der Waals surface area contributed by atoms with Gasteiger partial charge in [0.05, 0.1) is 6.10 Å². The summed E-state index contributed by atoms with van der Waals surface area (Å²) in [5.74, 6) is -0.167. The van der Waals surface area contributed by atoms with E-state index in [-0.39, 0.29) is 11.7 Å². The Morgan fingerprint density at radius 3 is 2.94 bits per heavy atom. The van der Waals surface area contributed by atoms with Gasteiger partial charge in [0.1, 0.15) is 11.4 Å². The monoisotopic (exact) mass is 222 g/mol. The smallest absolute Gasteiger partial charge is 0.339 e. The van der Waals surface area contributed by atoms with Crippen LogP contribution in [-0.2, 0) is 0 Å². The lowest BCUT2D eigenvalue weighted by Gasteiger charge is -2.31. The molecule has 0 bridgehead atoms. The lowest BCUT2D eigenvalue weighted by atomic mass is 9.82. The van der Waals surface area contributed by atoms with Crippen LogP contribution < -0.4 is 5.32 Å². The highest BCUT2D eigenvalue weighted by atomic mass is 16.4. The average molecular weight is 222 g/mol. The summed E-state index contributed by atoms with van der Waals surface area (Å²) in [5.41, 5.74) is 0.183. The van der Waals surface area contributed by atoms with Crippen LogP contribution in [0.25, 0.3) is 0 Å². The van der Waals surface area contributed by atoms with Gasteiger partial charge >= 0.3 is 5.97 Å². The van der Waals surface area contributed by atoms with E-state index in [0.29, 0.717) is 18.3 Å². The van der Waals surface area contributed by atoms with Gasteiger partial charge in [-0.25, -0.2) is 9.78 Å². The first-order valence-electron chi connectivity index (χ1n) is 5.27. The van der Waals surface area contributed by atoms with E-state index in [9.17, 15) is 4.79 Å². The molecule has 0 atom stereocenters. The van der Waals surface area contributed by atoms with Crippen LogP contribution in [0.5, 0.6) is 0 Å². The second-order valence-electron chi connectivity index (χ2n) is 4.08. The molecular formula is C11H14N2O3. The largest absolute Gasteiger partial charge is 0.478 e. The number of aliphatic hydroxyl groups excluding tert-OH is 1. The molecule has 1 aliphatic rings. The summed E-state index contributed by atoms with van der Waals surface area (Å²) in [6.07, 6.45) is 2.93. The lowest BCUT2D eigenvalue weighted by Crippen LogP contribution is -2.33. The van der Waals surface area contributed by atoms with Gasteiger partial charge in [0, 0.05) is 12.7 Å². The first-order valence-corrected chi connectivity index (χ1v) is 5.27. The third-order valence-electron chi connectivity index (χ3n) is 2.81.